The second-order valence-corrected chi connectivity index (χ2v) is 6.95. The van der Waals surface area contributed by atoms with Crippen LogP contribution in [0.4, 0.5) is 0 Å². The Morgan fingerprint density at radius 2 is 1.26 bits per heavy atom. The van der Waals surface area contributed by atoms with E-state index in [-0.39, 0.29) is 15.3 Å². The van der Waals surface area contributed by atoms with Gasteiger partial charge in [-0.2, -0.15) is 0 Å². The second kappa shape index (κ2) is 7.31. The Bertz CT molecular complexity index is 989. The van der Waals surface area contributed by atoms with Crippen LogP contribution in [0.1, 0.15) is 17.0 Å². The van der Waals surface area contributed by atoms with E-state index in [9.17, 15) is 0 Å². The standard InChI is InChI=1S/C20H13Cl3N4/c21-16-17(22)25-19(26-18(16)23)20(27-12-11-24-13-27,14-7-3-1-4-8-14)15-9-5-2-6-10-15/h1-13H. The molecule has 2 aromatic carbocycles. The lowest BCUT2D eigenvalue weighted by molar-refractivity contribution is 0.483. The molecule has 0 saturated heterocycles. The van der Waals surface area contributed by atoms with Gasteiger partial charge in [0.15, 0.2) is 21.7 Å². The number of hydrogen-bond donors (Lipinski definition) is 0. The van der Waals surface area contributed by atoms with Crippen LogP contribution in [0.2, 0.25) is 15.3 Å². The van der Waals surface area contributed by atoms with E-state index in [1.54, 1.807) is 12.5 Å². The Morgan fingerprint density at radius 1 is 0.741 bits per heavy atom. The van der Waals surface area contributed by atoms with E-state index in [1.165, 1.54) is 0 Å². The van der Waals surface area contributed by atoms with Crippen LogP contribution in [0.15, 0.2) is 79.4 Å². The number of benzene rings is 2. The largest absolute Gasteiger partial charge is 0.316 e. The van der Waals surface area contributed by atoms with E-state index in [0.717, 1.165) is 11.1 Å². The minimum absolute atomic E-state index is 0.100. The van der Waals surface area contributed by atoms with Gasteiger partial charge in [-0.3, -0.25) is 0 Å². The summed E-state index contributed by atoms with van der Waals surface area (Å²) in [7, 11) is 0. The molecule has 2 aromatic heterocycles. The molecule has 0 amide bonds. The molecule has 2 heterocycles. The first kappa shape index (κ1) is 18.0. The highest BCUT2D eigenvalue weighted by molar-refractivity contribution is 6.46. The number of halogens is 3. The average molecular weight is 416 g/mol. The summed E-state index contributed by atoms with van der Waals surface area (Å²) < 4.78 is 1.94. The summed E-state index contributed by atoms with van der Waals surface area (Å²) in [6.07, 6.45) is 5.29. The molecule has 0 N–H and O–H groups in total. The first-order valence-corrected chi connectivity index (χ1v) is 9.26. The van der Waals surface area contributed by atoms with Gasteiger partial charge in [0, 0.05) is 12.4 Å². The minimum Gasteiger partial charge on any atom is -0.316 e. The SMILES string of the molecule is Clc1nc(C(c2ccccc2)(c2ccccc2)n2ccnc2)nc(Cl)c1Cl. The number of nitrogens with zero attached hydrogens (tertiary/aromatic N) is 4. The van der Waals surface area contributed by atoms with Gasteiger partial charge in [0.05, 0.1) is 6.33 Å². The van der Waals surface area contributed by atoms with Gasteiger partial charge in [0.25, 0.3) is 0 Å². The van der Waals surface area contributed by atoms with Crippen molar-refractivity contribution in [2.75, 3.05) is 0 Å². The predicted molar refractivity (Wildman–Crippen MR) is 107 cm³/mol. The lowest BCUT2D eigenvalue weighted by atomic mass is 9.81. The van der Waals surface area contributed by atoms with Crippen molar-refractivity contribution in [3.63, 3.8) is 0 Å². The molecule has 27 heavy (non-hydrogen) atoms. The van der Waals surface area contributed by atoms with Crippen LogP contribution in [0, 0.1) is 0 Å². The summed E-state index contributed by atoms with van der Waals surface area (Å²) in [5.74, 6) is 0.400. The van der Waals surface area contributed by atoms with Crippen molar-refractivity contribution >= 4 is 34.8 Å². The van der Waals surface area contributed by atoms with Gasteiger partial charge < -0.3 is 4.57 Å². The molecule has 0 spiro atoms. The maximum Gasteiger partial charge on any atom is 0.167 e. The lowest BCUT2D eigenvalue weighted by Crippen LogP contribution is -2.39. The third kappa shape index (κ3) is 3.00. The molecule has 0 aliphatic rings. The first-order chi connectivity index (χ1) is 13.1. The zero-order valence-corrected chi connectivity index (χ0v) is 16.2. The molecule has 0 aliphatic carbocycles. The maximum atomic E-state index is 6.27. The monoisotopic (exact) mass is 414 g/mol. The highest BCUT2D eigenvalue weighted by atomic mass is 35.5. The molecule has 0 bridgehead atoms. The Labute approximate surface area is 171 Å². The normalized spacial score (nSPS) is 11.5. The zero-order chi connectivity index (χ0) is 18.9. The average Bonchev–Trinajstić information content (AvgIpc) is 3.23. The van der Waals surface area contributed by atoms with Gasteiger partial charge in [-0.25, -0.2) is 15.0 Å². The van der Waals surface area contributed by atoms with Crippen molar-refractivity contribution in [3.05, 3.63) is 112 Å². The molecular formula is C20H13Cl3N4. The van der Waals surface area contributed by atoms with Crippen molar-refractivity contribution in [3.8, 4) is 0 Å². The van der Waals surface area contributed by atoms with Crippen molar-refractivity contribution in [2.45, 2.75) is 5.54 Å². The van der Waals surface area contributed by atoms with Crippen LogP contribution in [0.5, 0.6) is 0 Å². The third-order valence-corrected chi connectivity index (χ3v) is 5.47. The Kier molecular flexibility index (Phi) is 4.87. The van der Waals surface area contributed by atoms with Crippen LogP contribution in [0.3, 0.4) is 0 Å². The van der Waals surface area contributed by atoms with Crippen LogP contribution in [-0.4, -0.2) is 19.5 Å². The number of aromatic nitrogens is 4. The number of hydrogen-bond acceptors (Lipinski definition) is 3. The minimum atomic E-state index is -0.920. The van der Waals surface area contributed by atoms with Crippen molar-refractivity contribution in [1.82, 2.24) is 19.5 Å². The molecule has 0 unspecified atom stereocenters. The molecule has 134 valence electrons. The second-order valence-electron chi connectivity index (χ2n) is 5.86. The highest BCUT2D eigenvalue weighted by Gasteiger charge is 2.41. The van der Waals surface area contributed by atoms with Crippen molar-refractivity contribution in [2.24, 2.45) is 0 Å². The van der Waals surface area contributed by atoms with E-state index < -0.39 is 5.54 Å². The summed E-state index contributed by atoms with van der Waals surface area (Å²) >= 11 is 18.6. The molecule has 7 heteroatoms. The molecule has 0 radical (unpaired) electrons. The van der Waals surface area contributed by atoms with E-state index in [1.807, 2.05) is 71.4 Å². The molecule has 0 fully saturated rings. The van der Waals surface area contributed by atoms with Crippen LogP contribution in [-0.2, 0) is 5.54 Å². The van der Waals surface area contributed by atoms with Crippen molar-refractivity contribution in [1.29, 1.82) is 0 Å². The highest BCUT2D eigenvalue weighted by Crippen LogP contribution is 2.40. The summed E-state index contributed by atoms with van der Waals surface area (Å²) in [4.78, 5) is 13.3. The molecule has 0 saturated carbocycles. The van der Waals surface area contributed by atoms with Gasteiger partial charge in [-0.1, -0.05) is 95.5 Å². The van der Waals surface area contributed by atoms with Crippen LogP contribution < -0.4 is 0 Å². The van der Waals surface area contributed by atoms with Crippen molar-refractivity contribution < 1.29 is 0 Å². The number of imidazole rings is 1. The number of rotatable bonds is 4. The summed E-state index contributed by atoms with van der Waals surface area (Å²) in [6.45, 7) is 0. The summed E-state index contributed by atoms with van der Waals surface area (Å²) in [5, 5.41) is 0.328. The fraction of sp³-hybridized carbons (Fsp3) is 0.0500. The van der Waals surface area contributed by atoms with E-state index in [4.69, 9.17) is 34.8 Å². The van der Waals surface area contributed by atoms with Crippen LogP contribution >= 0.6 is 34.8 Å². The van der Waals surface area contributed by atoms with Gasteiger partial charge in [-0.15, -0.1) is 0 Å². The maximum absolute atomic E-state index is 6.27. The fourth-order valence-corrected chi connectivity index (χ4v) is 3.68. The molecule has 4 aromatic rings. The Balaban J connectivity index is 2.15. The Morgan fingerprint density at radius 3 is 1.70 bits per heavy atom. The Hall–Kier alpha value is -2.40. The van der Waals surface area contributed by atoms with Gasteiger partial charge >= 0.3 is 0 Å². The molecule has 4 nitrogen and oxygen atoms in total. The van der Waals surface area contributed by atoms with E-state index >= 15 is 0 Å². The predicted octanol–water partition coefficient (Wildman–Crippen LogP) is 5.47. The lowest BCUT2D eigenvalue weighted by Gasteiger charge is -2.35. The summed E-state index contributed by atoms with van der Waals surface area (Å²) in [5.41, 5.74) is 0.948. The third-order valence-electron chi connectivity index (χ3n) is 4.37. The molecule has 0 aliphatic heterocycles. The summed E-state index contributed by atoms with van der Waals surface area (Å²) in [6, 6.07) is 19.8. The topological polar surface area (TPSA) is 43.6 Å². The van der Waals surface area contributed by atoms with Gasteiger partial charge in [0.2, 0.25) is 0 Å². The quantitative estimate of drug-likeness (QED) is 0.415. The van der Waals surface area contributed by atoms with E-state index in [0.29, 0.717) is 5.82 Å². The first-order valence-electron chi connectivity index (χ1n) is 8.12. The fourth-order valence-electron chi connectivity index (χ4n) is 3.21. The van der Waals surface area contributed by atoms with E-state index in [2.05, 4.69) is 15.0 Å². The van der Waals surface area contributed by atoms with Gasteiger partial charge in [0.1, 0.15) is 5.02 Å². The van der Waals surface area contributed by atoms with Crippen LogP contribution in [0.25, 0.3) is 0 Å². The molecular weight excluding hydrogens is 403 g/mol. The zero-order valence-electron chi connectivity index (χ0n) is 13.9. The van der Waals surface area contributed by atoms with Gasteiger partial charge in [-0.05, 0) is 11.1 Å². The molecule has 4 rings (SSSR count). The molecule has 0 atom stereocenters. The smallest absolute Gasteiger partial charge is 0.167 e.